The summed E-state index contributed by atoms with van der Waals surface area (Å²) in [6.07, 6.45) is -4.15. The summed E-state index contributed by atoms with van der Waals surface area (Å²) in [6.45, 7) is 0. The van der Waals surface area contributed by atoms with Gasteiger partial charge in [0, 0.05) is 25.2 Å². The number of pyridine rings is 1. The molecular weight excluding hydrogens is 426 g/mol. The summed E-state index contributed by atoms with van der Waals surface area (Å²) in [5.74, 6) is -5.05. The molecule has 0 aliphatic heterocycles. The maximum absolute atomic E-state index is 13.1. The van der Waals surface area contributed by atoms with Gasteiger partial charge in [-0.25, -0.2) is 0 Å². The molecule has 0 fully saturated rings. The Kier molecular flexibility index (Phi) is 10.9. The van der Waals surface area contributed by atoms with Crippen molar-refractivity contribution in [3.8, 4) is 0 Å². The lowest BCUT2D eigenvalue weighted by Crippen LogP contribution is -2.47. The van der Waals surface area contributed by atoms with Gasteiger partial charge in [0.05, 0.1) is 0 Å². The van der Waals surface area contributed by atoms with Crippen LogP contribution >= 0.6 is 0 Å². The fourth-order valence-corrected chi connectivity index (χ4v) is 2.43. The summed E-state index contributed by atoms with van der Waals surface area (Å²) in [5, 5.41) is -5.73. The predicted octanol–water partition coefficient (Wildman–Crippen LogP) is 5.82. The summed E-state index contributed by atoms with van der Waals surface area (Å²) in [5.41, 5.74) is 0. The standard InChI is InChI=1S/C10H14F8O3S.C5H5N/c11-8(12,10(16,17)22(19,20)21-18)6-4-2-1-3-5-7-9(13,14)15;1-2-4-6-5-3-1/h1-7H2;1-5H. The smallest absolute Gasteiger partial charge is 0.265 e. The molecule has 0 radical (unpaired) electrons. The van der Waals surface area contributed by atoms with Gasteiger partial charge in [0.1, 0.15) is 0 Å². The quantitative estimate of drug-likeness (QED) is 0.336. The lowest BCUT2D eigenvalue weighted by atomic mass is 10.1. The van der Waals surface area contributed by atoms with Crippen molar-refractivity contribution in [2.45, 2.75) is 62.3 Å². The van der Waals surface area contributed by atoms with Crippen LogP contribution in [0, 0.1) is 0 Å². The molecule has 0 amide bonds. The Morgan fingerprint density at radius 1 is 0.750 bits per heavy atom. The lowest BCUT2D eigenvalue weighted by molar-refractivity contribution is -0.173. The van der Waals surface area contributed by atoms with Crippen molar-refractivity contribution < 1.29 is 48.1 Å². The van der Waals surface area contributed by atoms with Gasteiger partial charge in [0.2, 0.25) is 0 Å². The van der Waals surface area contributed by atoms with Gasteiger partial charge < -0.3 is 0 Å². The number of unbranched alkanes of at least 4 members (excludes halogenated alkanes) is 4. The van der Waals surface area contributed by atoms with Crippen LogP contribution in [0.15, 0.2) is 30.6 Å². The molecule has 164 valence electrons. The van der Waals surface area contributed by atoms with Crippen molar-refractivity contribution >= 4 is 10.1 Å². The summed E-state index contributed by atoms with van der Waals surface area (Å²) < 4.78 is 122. The highest BCUT2D eigenvalue weighted by atomic mass is 32.2. The average Bonchev–Trinajstić information content (AvgIpc) is 2.61. The number of aromatic nitrogens is 1. The van der Waals surface area contributed by atoms with Gasteiger partial charge >= 0.3 is 27.5 Å². The van der Waals surface area contributed by atoms with Crippen LogP contribution in [0.1, 0.15) is 44.9 Å². The first-order valence-electron chi connectivity index (χ1n) is 7.99. The zero-order valence-electron chi connectivity index (χ0n) is 14.4. The van der Waals surface area contributed by atoms with E-state index in [1.807, 2.05) is 22.6 Å². The number of hydrogen-bond donors (Lipinski definition) is 0. The average molecular weight is 445 g/mol. The molecular formula is C15H19F8NO3S. The van der Waals surface area contributed by atoms with E-state index in [4.69, 9.17) is 0 Å². The second kappa shape index (κ2) is 11.5. The van der Waals surface area contributed by atoms with Gasteiger partial charge in [-0.2, -0.15) is 39.2 Å². The Morgan fingerprint density at radius 2 is 1.21 bits per heavy atom. The second-order valence-electron chi connectivity index (χ2n) is 5.65. The molecule has 1 heterocycles. The minimum absolute atomic E-state index is 0.0629. The highest BCUT2D eigenvalue weighted by molar-refractivity contribution is 7.87. The molecule has 1 rings (SSSR count). The Morgan fingerprint density at radius 3 is 1.57 bits per heavy atom. The monoisotopic (exact) mass is 445 g/mol. The topological polar surface area (TPSA) is 56.3 Å². The Balaban J connectivity index is 0.00000102. The maximum Gasteiger partial charge on any atom is 0.434 e. The second-order valence-corrected chi connectivity index (χ2v) is 7.19. The van der Waals surface area contributed by atoms with Gasteiger partial charge in [-0.15, -0.1) is 0 Å². The minimum atomic E-state index is -6.40. The molecule has 0 unspecified atom stereocenters. The highest BCUT2D eigenvalue weighted by Gasteiger charge is 2.66. The van der Waals surface area contributed by atoms with E-state index < -0.39 is 46.7 Å². The fraction of sp³-hybridized carbons (Fsp3) is 0.667. The normalized spacial score (nSPS) is 13.0. The SMILES string of the molecule is O=S(=O)(OF)C(F)(F)C(F)(F)CCCCCCCC(F)(F)F.c1ccncc1. The van der Waals surface area contributed by atoms with Gasteiger partial charge in [-0.1, -0.05) is 29.7 Å². The molecule has 1 aromatic rings. The van der Waals surface area contributed by atoms with E-state index in [9.17, 15) is 43.7 Å². The van der Waals surface area contributed by atoms with Crippen molar-refractivity contribution in [1.29, 1.82) is 0 Å². The van der Waals surface area contributed by atoms with Crippen molar-refractivity contribution in [3.63, 3.8) is 0 Å². The molecule has 1 aromatic heterocycles. The number of alkyl halides is 7. The van der Waals surface area contributed by atoms with Gasteiger partial charge in [-0.05, 0) is 29.5 Å². The van der Waals surface area contributed by atoms with Crippen molar-refractivity contribution in [3.05, 3.63) is 30.6 Å². The third kappa shape index (κ3) is 9.62. The Bertz CT molecular complexity index is 612. The van der Waals surface area contributed by atoms with E-state index in [2.05, 4.69) is 4.98 Å². The molecule has 0 N–H and O–H groups in total. The molecule has 0 aromatic carbocycles. The van der Waals surface area contributed by atoms with E-state index in [1.165, 1.54) is 0 Å². The molecule has 0 saturated carbocycles. The van der Waals surface area contributed by atoms with Gasteiger partial charge in [0.25, 0.3) is 0 Å². The number of hydrogen-bond acceptors (Lipinski definition) is 4. The first-order chi connectivity index (χ1) is 12.8. The van der Waals surface area contributed by atoms with Crippen LogP contribution in [0.2, 0.25) is 0 Å². The predicted molar refractivity (Wildman–Crippen MR) is 83.6 cm³/mol. The summed E-state index contributed by atoms with van der Waals surface area (Å²) >= 11 is 0. The molecule has 0 aliphatic rings. The molecule has 28 heavy (non-hydrogen) atoms. The molecule has 13 heteroatoms. The van der Waals surface area contributed by atoms with Crippen LogP contribution in [0.5, 0.6) is 0 Å². The van der Waals surface area contributed by atoms with Crippen LogP contribution in [-0.4, -0.2) is 30.8 Å². The van der Waals surface area contributed by atoms with Crippen molar-refractivity contribution in [2.75, 3.05) is 0 Å². The van der Waals surface area contributed by atoms with Crippen molar-refractivity contribution in [2.24, 2.45) is 0 Å². The summed E-state index contributed by atoms with van der Waals surface area (Å²) in [4.78, 5) is 3.78. The van der Waals surface area contributed by atoms with E-state index in [1.54, 1.807) is 12.4 Å². The third-order valence-corrected chi connectivity index (χ3v) is 4.43. The first kappa shape index (κ1) is 26.5. The molecule has 4 nitrogen and oxygen atoms in total. The number of rotatable bonds is 10. The molecule has 0 aliphatic carbocycles. The maximum atomic E-state index is 13.1. The third-order valence-electron chi connectivity index (χ3n) is 3.34. The summed E-state index contributed by atoms with van der Waals surface area (Å²) in [6, 6.07) is 5.72. The zero-order chi connectivity index (χ0) is 21.9. The zero-order valence-corrected chi connectivity index (χ0v) is 15.3. The first-order valence-corrected chi connectivity index (χ1v) is 9.40. The molecule has 0 bridgehead atoms. The fourth-order valence-electron chi connectivity index (χ4n) is 1.88. The Labute approximate surface area is 156 Å². The van der Waals surface area contributed by atoms with Gasteiger partial charge in [-0.3, -0.25) is 4.98 Å². The van der Waals surface area contributed by atoms with E-state index in [0.717, 1.165) is 0 Å². The van der Waals surface area contributed by atoms with E-state index >= 15 is 0 Å². The molecule has 0 atom stereocenters. The Hall–Kier alpha value is -1.50. The minimum Gasteiger partial charge on any atom is -0.265 e. The largest absolute Gasteiger partial charge is 0.434 e. The van der Waals surface area contributed by atoms with Crippen LogP contribution in [0.25, 0.3) is 0 Å². The van der Waals surface area contributed by atoms with E-state index in [0.29, 0.717) is 0 Å². The van der Waals surface area contributed by atoms with Crippen LogP contribution in [0.4, 0.5) is 35.3 Å². The number of nitrogens with zero attached hydrogens (tertiary/aromatic N) is 1. The summed E-state index contributed by atoms with van der Waals surface area (Å²) in [7, 11) is -6.40. The number of halogens is 8. The van der Waals surface area contributed by atoms with E-state index in [-0.39, 0.29) is 25.7 Å². The molecule has 0 saturated heterocycles. The van der Waals surface area contributed by atoms with Crippen LogP contribution < -0.4 is 0 Å². The van der Waals surface area contributed by atoms with Crippen molar-refractivity contribution in [1.82, 2.24) is 4.98 Å². The molecule has 0 spiro atoms. The van der Waals surface area contributed by atoms with Crippen LogP contribution in [-0.2, 0) is 14.5 Å². The van der Waals surface area contributed by atoms with Crippen LogP contribution in [0.3, 0.4) is 0 Å². The lowest BCUT2D eigenvalue weighted by Gasteiger charge is -2.23. The highest BCUT2D eigenvalue weighted by Crippen LogP contribution is 2.43. The van der Waals surface area contributed by atoms with Gasteiger partial charge in [0.15, 0.2) is 0 Å².